The summed E-state index contributed by atoms with van der Waals surface area (Å²) < 4.78 is 18.5. The molecule has 40 heavy (non-hydrogen) atoms. The van der Waals surface area contributed by atoms with Crippen molar-refractivity contribution in [3.63, 3.8) is 0 Å². The Bertz CT molecular complexity index is 1330. The van der Waals surface area contributed by atoms with Gasteiger partial charge in [0.2, 0.25) is 5.91 Å². The van der Waals surface area contributed by atoms with Crippen LogP contribution >= 0.6 is 7.75 Å². The van der Waals surface area contributed by atoms with Crippen LogP contribution in [0.3, 0.4) is 0 Å². The van der Waals surface area contributed by atoms with Gasteiger partial charge in [-0.1, -0.05) is 67.3 Å². The number of aryl methyl sites for hydroxylation is 1. The number of nitrogens with two attached hydrogens (primary N) is 1. The van der Waals surface area contributed by atoms with Crippen molar-refractivity contribution in [2.24, 2.45) is 17.3 Å². The number of rotatable bonds is 10. The zero-order valence-electron chi connectivity index (χ0n) is 23.7. The quantitative estimate of drug-likeness (QED) is 0.265. The fourth-order valence-electron chi connectivity index (χ4n) is 6.77. The molecule has 0 bridgehead atoms. The smallest absolute Gasteiger partial charge is 0.347 e. The van der Waals surface area contributed by atoms with Crippen molar-refractivity contribution in [2.75, 3.05) is 19.7 Å². The number of para-hydroxylation sites is 1. The maximum atomic E-state index is 13.8. The Morgan fingerprint density at radius 1 is 1.05 bits per heavy atom. The van der Waals surface area contributed by atoms with Crippen molar-refractivity contribution in [3.8, 4) is 0 Å². The third kappa shape index (κ3) is 7.44. The Hall–Kier alpha value is -2.44. The Kier molecular flexibility index (Phi) is 9.47. The third-order valence-electron chi connectivity index (χ3n) is 8.97. The van der Waals surface area contributed by atoms with Crippen LogP contribution in [-0.4, -0.2) is 40.0 Å². The minimum Gasteiger partial charge on any atom is -0.347 e. The molecule has 3 N–H and O–H groups in total. The van der Waals surface area contributed by atoms with Gasteiger partial charge >= 0.3 is 7.75 Å². The summed E-state index contributed by atoms with van der Waals surface area (Å²) >= 11 is 0. The lowest BCUT2D eigenvalue weighted by Crippen LogP contribution is -2.39. The zero-order valence-corrected chi connectivity index (χ0v) is 24.6. The van der Waals surface area contributed by atoms with Crippen LogP contribution in [0.5, 0.6) is 0 Å². The summed E-state index contributed by atoms with van der Waals surface area (Å²) in [6.07, 6.45) is 11.8. The first kappa shape index (κ1) is 29.1. The maximum absolute atomic E-state index is 13.8. The van der Waals surface area contributed by atoms with E-state index in [0.717, 1.165) is 25.3 Å². The van der Waals surface area contributed by atoms with Gasteiger partial charge in [0.25, 0.3) is 0 Å². The summed E-state index contributed by atoms with van der Waals surface area (Å²) in [6.45, 7) is 4.73. The number of likely N-dealkylation sites (tertiary alicyclic amines) is 1. The molecule has 8 heteroatoms. The van der Waals surface area contributed by atoms with Gasteiger partial charge in [0.15, 0.2) is 0 Å². The van der Waals surface area contributed by atoms with Gasteiger partial charge in [0, 0.05) is 49.1 Å². The molecule has 1 saturated carbocycles. The molecule has 1 aliphatic carbocycles. The summed E-state index contributed by atoms with van der Waals surface area (Å²) in [5.41, 5.74) is 9.98. The van der Waals surface area contributed by atoms with Crippen molar-refractivity contribution in [1.82, 2.24) is 9.47 Å². The molecule has 3 aromatic rings. The van der Waals surface area contributed by atoms with Gasteiger partial charge in [0.05, 0.1) is 6.61 Å². The number of piperidine rings is 1. The van der Waals surface area contributed by atoms with Gasteiger partial charge in [-0.15, -0.1) is 0 Å². The van der Waals surface area contributed by atoms with E-state index < -0.39 is 7.75 Å². The van der Waals surface area contributed by atoms with E-state index in [9.17, 15) is 9.36 Å². The molecule has 1 amide bonds. The molecule has 7 nitrogen and oxygen atoms in total. The molecule has 2 aromatic carbocycles. The van der Waals surface area contributed by atoms with Gasteiger partial charge in [-0.2, -0.15) is 0 Å². The molecule has 1 aromatic heterocycles. The second-order valence-electron chi connectivity index (χ2n) is 11.9. The Morgan fingerprint density at radius 2 is 1.80 bits per heavy atom. The first-order valence-corrected chi connectivity index (χ1v) is 16.6. The van der Waals surface area contributed by atoms with E-state index in [2.05, 4.69) is 66.2 Å². The highest BCUT2D eigenvalue weighted by Gasteiger charge is 2.29. The monoisotopic (exact) mass is 565 g/mol. The van der Waals surface area contributed by atoms with Gasteiger partial charge in [-0.3, -0.25) is 9.32 Å². The highest BCUT2D eigenvalue weighted by Crippen LogP contribution is 2.37. The lowest BCUT2D eigenvalue weighted by atomic mass is 9.86. The number of hydrogen-bond donors (Lipinski definition) is 2. The molecule has 2 atom stereocenters. The summed E-state index contributed by atoms with van der Waals surface area (Å²) in [4.78, 5) is 24.9. The largest absolute Gasteiger partial charge is 0.400 e. The lowest BCUT2D eigenvalue weighted by Gasteiger charge is -2.33. The molecule has 2 heterocycles. The van der Waals surface area contributed by atoms with Crippen molar-refractivity contribution >= 4 is 24.6 Å². The highest BCUT2D eigenvalue weighted by molar-refractivity contribution is 7.50. The molecule has 2 unspecified atom stereocenters. The number of hydrogen-bond acceptors (Lipinski definition) is 3. The van der Waals surface area contributed by atoms with Crippen LogP contribution in [0.25, 0.3) is 10.9 Å². The van der Waals surface area contributed by atoms with Crippen LogP contribution in [0, 0.1) is 18.8 Å². The van der Waals surface area contributed by atoms with Crippen molar-refractivity contribution in [3.05, 3.63) is 71.4 Å². The number of carbonyl (C=O) groups is 1. The van der Waals surface area contributed by atoms with E-state index in [1.807, 2.05) is 4.90 Å². The highest BCUT2D eigenvalue weighted by atomic mass is 31.2. The van der Waals surface area contributed by atoms with E-state index >= 15 is 0 Å². The lowest BCUT2D eigenvalue weighted by molar-refractivity contribution is -0.132. The molecular weight excluding hydrogens is 521 g/mol. The summed E-state index contributed by atoms with van der Waals surface area (Å²) in [7, 11) is -3.93. The number of fused-ring (bicyclic) bond motifs is 1. The summed E-state index contributed by atoms with van der Waals surface area (Å²) in [6, 6.07) is 17.3. The Morgan fingerprint density at radius 3 is 2.52 bits per heavy atom. The first-order chi connectivity index (χ1) is 19.3. The van der Waals surface area contributed by atoms with E-state index in [0.29, 0.717) is 31.8 Å². The van der Waals surface area contributed by atoms with Gasteiger partial charge in [-0.25, -0.2) is 10.1 Å². The van der Waals surface area contributed by atoms with Crippen molar-refractivity contribution in [2.45, 2.75) is 77.2 Å². The van der Waals surface area contributed by atoms with E-state index in [-0.39, 0.29) is 18.4 Å². The maximum Gasteiger partial charge on any atom is 0.400 e. The summed E-state index contributed by atoms with van der Waals surface area (Å²) in [5.74, 6) is 1.25. The van der Waals surface area contributed by atoms with E-state index in [4.69, 9.17) is 14.9 Å². The summed E-state index contributed by atoms with van der Waals surface area (Å²) in [5, 5.41) is 1.25. The van der Waals surface area contributed by atoms with E-state index in [1.165, 1.54) is 59.7 Å². The average Bonchev–Trinajstić information content (AvgIpc) is 3.30. The molecule has 0 spiro atoms. The molecule has 1 aliphatic heterocycles. The minimum absolute atomic E-state index is 0.0146. The molecule has 216 valence electrons. The normalized spacial score (nSPS) is 19.5. The fraction of sp³-hybridized carbons (Fsp3) is 0.531. The van der Waals surface area contributed by atoms with Crippen LogP contribution in [0.2, 0.25) is 0 Å². The van der Waals surface area contributed by atoms with Crippen LogP contribution < -0.4 is 5.50 Å². The van der Waals surface area contributed by atoms with Gasteiger partial charge in [0.1, 0.15) is 0 Å². The van der Waals surface area contributed by atoms with E-state index in [1.54, 1.807) is 0 Å². The molecule has 1 saturated heterocycles. The first-order valence-electron chi connectivity index (χ1n) is 14.9. The number of benzene rings is 2. The second-order valence-corrected chi connectivity index (χ2v) is 13.3. The van der Waals surface area contributed by atoms with Crippen LogP contribution in [0.1, 0.15) is 80.4 Å². The SMILES string of the molecule is Cc1cccc(C(CC(=O)N2CCC(CCOP(N)(=O)O)CC2)c2cn(CC3CCCCC3)c3ccccc23)c1. The van der Waals surface area contributed by atoms with Gasteiger partial charge < -0.3 is 14.4 Å². The van der Waals surface area contributed by atoms with Crippen molar-refractivity contribution in [1.29, 1.82) is 0 Å². The van der Waals surface area contributed by atoms with Crippen LogP contribution in [-0.2, 0) is 20.4 Å². The number of amides is 1. The van der Waals surface area contributed by atoms with Gasteiger partial charge in [-0.05, 0) is 68.1 Å². The molecule has 2 fully saturated rings. The average molecular weight is 566 g/mol. The minimum atomic E-state index is -3.93. The number of nitrogens with zero attached hydrogens (tertiary/aromatic N) is 2. The Balaban J connectivity index is 1.35. The number of carbonyl (C=O) groups excluding carboxylic acids is 1. The predicted octanol–water partition coefficient (Wildman–Crippen LogP) is 6.76. The fourth-order valence-corrected chi connectivity index (χ4v) is 7.14. The zero-order chi connectivity index (χ0) is 28.1. The molecule has 2 aliphatic rings. The third-order valence-corrected chi connectivity index (χ3v) is 9.52. The molecular formula is C32H44N3O4P. The van der Waals surface area contributed by atoms with Crippen LogP contribution in [0.15, 0.2) is 54.7 Å². The number of aromatic nitrogens is 1. The predicted molar refractivity (Wildman–Crippen MR) is 160 cm³/mol. The second kappa shape index (κ2) is 13.0. The Labute approximate surface area is 238 Å². The van der Waals surface area contributed by atoms with Crippen LogP contribution in [0.4, 0.5) is 0 Å². The van der Waals surface area contributed by atoms with Crippen molar-refractivity contribution < 1.29 is 18.8 Å². The molecule has 5 rings (SSSR count). The molecule has 0 radical (unpaired) electrons. The topological polar surface area (TPSA) is 97.8 Å². The standard InChI is InChI=1S/C32H44N3O4P/c1-24-8-7-11-27(20-24)29(21-32(36)34-17-14-25(15-18-34)16-19-39-40(33,37)38)30-23-35(22-26-9-3-2-4-10-26)31-13-6-5-12-28(30)31/h5-8,11-13,20,23,25-26,29H,2-4,9-10,14-19,21-22H2,1H3,(H3,33,37,38).